The van der Waals surface area contributed by atoms with Crippen molar-refractivity contribution < 1.29 is 14.8 Å². The SMILES string of the molecule is Cc1cc([N+](=O)[O-])nc2c1CCN2C(=O)c1ccc(Nc2snc(O)c2C(=N)NC(C)C)cn1. The van der Waals surface area contributed by atoms with E-state index in [1.165, 1.54) is 23.2 Å². The van der Waals surface area contributed by atoms with Crippen molar-refractivity contribution in [2.75, 3.05) is 16.8 Å². The van der Waals surface area contributed by atoms with Gasteiger partial charge in [0.2, 0.25) is 5.88 Å². The fraction of sp³-hybridized carbons (Fsp3) is 0.286. The Kier molecular flexibility index (Phi) is 6.11. The predicted octanol–water partition coefficient (Wildman–Crippen LogP) is 3.13. The van der Waals surface area contributed by atoms with Crippen LogP contribution in [0.25, 0.3) is 0 Å². The van der Waals surface area contributed by atoms with Crippen LogP contribution in [0.3, 0.4) is 0 Å². The molecule has 12 nitrogen and oxygen atoms in total. The third kappa shape index (κ3) is 4.37. The molecule has 34 heavy (non-hydrogen) atoms. The van der Waals surface area contributed by atoms with E-state index in [0.29, 0.717) is 29.5 Å². The molecule has 4 N–H and O–H groups in total. The van der Waals surface area contributed by atoms with Gasteiger partial charge in [0.15, 0.2) is 0 Å². The fourth-order valence-corrected chi connectivity index (χ4v) is 4.35. The van der Waals surface area contributed by atoms with Crippen molar-refractivity contribution in [1.82, 2.24) is 19.7 Å². The molecule has 0 spiro atoms. The summed E-state index contributed by atoms with van der Waals surface area (Å²) in [7, 11) is 0. The lowest BCUT2D eigenvalue weighted by atomic mass is 10.1. The van der Waals surface area contributed by atoms with Crippen molar-refractivity contribution in [3.05, 3.63) is 56.9 Å². The smallest absolute Gasteiger partial charge is 0.366 e. The molecular formula is C21H22N8O4S. The van der Waals surface area contributed by atoms with Gasteiger partial charge in [0.1, 0.15) is 22.1 Å². The molecule has 13 heteroatoms. The van der Waals surface area contributed by atoms with Crippen LogP contribution in [0.4, 0.5) is 22.3 Å². The number of rotatable bonds is 6. The summed E-state index contributed by atoms with van der Waals surface area (Å²) >= 11 is 0.996. The number of hydrogen-bond donors (Lipinski definition) is 4. The lowest BCUT2D eigenvalue weighted by Gasteiger charge is -2.14. The van der Waals surface area contributed by atoms with Gasteiger partial charge in [0.25, 0.3) is 11.7 Å². The number of aryl methyl sites for hydroxylation is 1. The highest BCUT2D eigenvalue weighted by Gasteiger charge is 2.34. The van der Waals surface area contributed by atoms with Crippen molar-refractivity contribution in [1.29, 1.82) is 5.41 Å². The minimum absolute atomic E-state index is 0.00189. The molecule has 0 radical (unpaired) electrons. The average Bonchev–Trinajstić information content (AvgIpc) is 3.37. The summed E-state index contributed by atoms with van der Waals surface area (Å²) < 4.78 is 3.90. The Hall–Kier alpha value is -4.13. The summed E-state index contributed by atoms with van der Waals surface area (Å²) in [4.78, 5) is 33.4. The van der Waals surface area contributed by atoms with Crippen LogP contribution in [0.1, 0.15) is 41.0 Å². The number of amidine groups is 1. The van der Waals surface area contributed by atoms with Crippen molar-refractivity contribution in [2.45, 2.75) is 33.2 Å². The van der Waals surface area contributed by atoms with Gasteiger partial charge in [-0.15, -0.1) is 0 Å². The van der Waals surface area contributed by atoms with Gasteiger partial charge in [-0.1, -0.05) is 0 Å². The maximum atomic E-state index is 13.1. The van der Waals surface area contributed by atoms with E-state index in [2.05, 4.69) is 25.0 Å². The van der Waals surface area contributed by atoms with Crippen LogP contribution in [0, 0.1) is 22.4 Å². The van der Waals surface area contributed by atoms with Gasteiger partial charge in [0, 0.05) is 24.2 Å². The maximum Gasteiger partial charge on any atom is 0.366 e. The highest BCUT2D eigenvalue weighted by atomic mass is 32.1. The largest absolute Gasteiger partial charge is 0.492 e. The summed E-state index contributed by atoms with van der Waals surface area (Å²) in [6, 6.07) is 4.59. The van der Waals surface area contributed by atoms with Gasteiger partial charge < -0.3 is 25.9 Å². The number of nitro groups is 1. The molecule has 1 aliphatic heterocycles. The number of aromatic hydroxyl groups is 1. The monoisotopic (exact) mass is 482 g/mol. The van der Waals surface area contributed by atoms with Crippen LogP contribution in [-0.4, -0.2) is 48.7 Å². The number of aromatic nitrogens is 3. The molecule has 0 atom stereocenters. The van der Waals surface area contributed by atoms with Crippen LogP contribution in [0.5, 0.6) is 5.88 Å². The third-order valence-corrected chi connectivity index (χ3v) is 5.94. The predicted molar refractivity (Wildman–Crippen MR) is 127 cm³/mol. The average molecular weight is 483 g/mol. The molecule has 0 unspecified atom stereocenters. The van der Waals surface area contributed by atoms with Crippen LogP contribution in [-0.2, 0) is 6.42 Å². The molecule has 4 rings (SSSR count). The van der Waals surface area contributed by atoms with Crippen LogP contribution in [0.2, 0.25) is 0 Å². The molecule has 0 aliphatic carbocycles. The van der Waals surface area contributed by atoms with Gasteiger partial charge in [-0.3, -0.25) is 15.1 Å². The van der Waals surface area contributed by atoms with E-state index in [0.717, 1.165) is 22.7 Å². The molecule has 4 heterocycles. The van der Waals surface area contributed by atoms with Crippen LogP contribution < -0.4 is 15.5 Å². The summed E-state index contributed by atoms with van der Waals surface area (Å²) in [5.74, 6) is -0.633. The Balaban J connectivity index is 1.54. The number of nitrogens with zero attached hydrogens (tertiary/aromatic N) is 5. The summed E-state index contributed by atoms with van der Waals surface area (Å²) in [5.41, 5.74) is 2.47. The number of pyridine rings is 2. The second-order valence-corrected chi connectivity index (χ2v) is 8.78. The summed E-state index contributed by atoms with van der Waals surface area (Å²) in [5, 5.41) is 35.9. The first-order chi connectivity index (χ1) is 16.2. The molecule has 0 saturated heterocycles. The van der Waals surface area contributed by atoms with Crippen molar-refractivity contribution in [2.24, 2.45) is 0 Å². The zero-order valence-corrected chi connectivity index (χ0v) is 19.4. The van der Waals surface area contributed by atoms with Gasteiger partial charge in [0.05, 0.1) is 11.9 Å². The number of carbonyl (C=O) groups is 1. The molecule has 3 aromatic rings. The number of nitrogens with one attached hydrogen (secondary N) is 3. The van der Waals surface area contributed by atoms with Crippen molar-refractivity contribution in [3.63, 3.8) is 0 Å². The molecule has 0 bridgehead atoms. The van der Waals surface area contributed by atoms with E-state index in [9.17, 15) is 20.0 Å². The van der Waals surface area contributed by atoms with Crippen LogP contribution >= 0.6 is 11.5 Å². The van der Waals surface area contributed by atoms with Gasteiger partial charge in [-0.2, -0.15) is 4.37 Å². The Morgan fingerprint density at radius 3 is 2.79 bits per heavy atom. The van der Waals surface area contributed by atoms with E-state index in [1.807, 2.05) is 13.8 Å². The fourth-order valence-electron chi connectivity index (χ4n) is 3.64. The highest BCUT2D eigenvalue weighted by molar-refractivity contribution is 7.11. The summed E-state index contributed by atoms with van der Waals surface area (Å²) in [6.45, 7) is 5.89. The molecule has 1 aliphatic rings. The molecule has 0 saturated carbocycles. The zero-order chi connectivity index (χ0) is 24.6. The normalized spacial score (nSPS) is 12.5. The van der Waals surface area contributed by atoms with Crippen molar-refractivity contribution in [3.8, 4) is 5.88 Å². The molecule has 0 aromatic carbocycles. The first kappa shape index (κ1) is 23.0. The second-order valence-electron chi connectivity index (χ2n) is 8.00. The van der Waals surface area contributed by atoms with E-state index < -0.39 is 10.8 Å². The van der Waals surface area contributed by atoms with Gasteiger partial charge in [-0.25, -0.2) is 4.98 Å². The number of carbonyl (C=O) groups excluding carboxylic acids is 1. The minimum Gasteiger partial charge on any atom is -0.492 e. The Bertz CT molecular complexity index is 1290. The highest BCUT2D eigenvalue weighted by Crippen LogP contribution is 2.33. The molecular weight excluding hydrogens is 460 g/mol. The number of anilines is 3. The van der Waals surface area contributed by atoms with Crippen molar-refractivity contribution >= 4 is 45.6 Å². The van der Waals surface area contributed by atoms with E-state index >= 15 is 0 Å². The third-order valence-electron chi connectivity index (χ3n) is 5.18. The molecule has 3 aromatic heterocycles. The first-order valence-corrected chi connectivity index (χ1v) is 11.2. The Morgan fingerprint density at radius 1 is 1.38 bits per heavy atom. The van der Waals surface area contributed by atoms with Gasteiger partial charge in [-0.05, 0) is 66.3 Å². The molecule has 0 fully saturated rings. The molecule has 1 amide bonds. The van der Waals surface area contributed by atoms with Gasteiger partial charge >= 0.3 is 5.82 Å². The van der Waals surface area contributed by atoms with E-state index in [1.54, 1.807) is 13.0 Å². The zero-order valence-electron chi connectivity index (χ0n) is 18.6. The standard InChI is InChI=1S/C21H22N8O4S/c1-10(2)24-17(22)16-19(30)27-34-20(16)25-12-4-5-14(23-9-12)21(31)28-7-6-13-11(3)8-15(29(32)33)26-18(13)28/h4-5,8-10,25H,6-7H2,1-3H3,(H2,22,24)(H,27,30). The summed E-state index contributed by atoms with van der Waals surface area (Å²) in [6.07, 6.45) is 2.02. The Labute approximate surface area is 198 Å². The van der Waals surface area contributed by atoms with Crippen LogP contribution in [0.15, 0.2) is 24.4 Å². The Morgan fingerprint density at radius 2 is 2.15 bits per heavy atom. The van der Waals surface area contributed by atoms with E-state index in [4.69, 9.17) is 5.41 Å². The second kappa shape index (κ2) is 9.02. The minimum atomic E-state index is -0.575. The number of hydrogen-bond acceptors (Lipinski definition) is 10. The maximum absolute atomic E-state index is 13.1. The van der Waals surface area contributed by atoms with E-state index in [-0.39, 0.29) is 34.8 Å². The number of fused-ring (bicyclic) bond motifs is 1. The molecule has 176 valence electrons. The topological polar surface area (TPSA) is 170 Å². The number of amides is 1. The lowest BCUT2D eigenvalue weighted by molar-refractivity contribution is -0.389. The first-order valence-electron chi connectivity index (χ1n) is 10.4. The lowest BCUT2D eigenvalue weighted by Crippen LogP contribution is -2.30. The quantitative estimate of drug-likeness (QED) is 0.178.